The van der Waals surface area contributed by atoms with Crippen molar-refractivity contribution in [1.82, 2.24) is 10.6 Å². The van der Waals surface area contributed by atoms with Gasteiger partial charge in [0, 0.05) is 21.9 Å². The van der Waals surface area contributed by atoms with Crippen LogP contribution >= 0.6 is 11.3 Å². The molecule has 0 aliphatic carbocycles. The summed E-state index contributed by atoms with van der Waals surface area (Å²) in [7, 11) is 0. The number of urea groups is 1. The van der Waals surface area contributed by atoms with E-state index in [1.54, 1.807) is 29.5 Å². The fourth-order valence-electron chi connectivity index (χ4n) is 2.14. The van der Waals surface area contributed by atoms with E-state index in [0.29, 0.717) is 25.1 Å². The van der Waals surface area contributed by atoms with E-state index in [-0.39, 0.29) is 6.03 Å². The van der Waals surface area contributed by atoms with Crippen molar-refractivity contribution in [2.45, 2.75) is 26.3 Å². The van der Waals surface area contributed by atoms with Crippen LogP contribution < -0.4 is 16.4 Å². The predicted octanol–water partition coefficient (Wildman–Crippen LogP) is 2.45. The smallest absolute Gasteiger partial charge is 0.315 e. The number of thiophene rings is 1. The SMILES string of the molecule is CCc1ccc(CNC(=O)NCCc2cccc(C(N)=O)c2)s1. The lowest BCUT2D eigenvalue weighted by molar-refractivity contribution is 0.1000. The number of aryl methyl sites for hydroxylation is 1. The second kappa shape index (κ2) is 8.33. The molecular formula is C17H21N3O2S. The van der Waals surface area contributed by atoms with E-state index in [1.807, 2.05) is 12.1 Å². The van der Waals surface area contributed by atoms with Crippen LogP contribution in [0, 0.1) is 0 Å². The van der Waals surface area contributed by atoms with Gasteiger partial charge in [0.25, 0.3) is 0 Å². The molecule has 2 aromatic rings. The van der Waals surface area contributed by atoms with E-state index in [1.165, 1.54) is 4.88 Å². The first-order valence-corrected chi connectivity index (χ1v) is 8.38. The first-order valence-electron chi connectivity index (χ1n) is 7.56. The zero-order valence-electron chi connectivity index (χ0n) is 13.1. The third-order valence-corrected chi connectivity index (χ3v) is 4.63. The molecule has 0 unspecified atom stereocenters. The number of amides is 3. The van der Waals surface area contributed by atoms with Crippen molar-refractivity contribution in [3.63, 3.8) is 0 Å². The lowest BCUT2D eigenvalue weighted by Crippen LogP contribution is -2.36. The number of nitrogens with one attached hydrogen (secondary N) is 2. The van der Waals surface area contributed by atoms with Crippen molar-refractivity contribution in [3.8, 4) is 0 Å². The Morgan fingerprint density at radius 3 is 2.61 bits per heavy atom. The molecule has 1 aromatic carbocycles. The van der Waals surface area contributed by atoms with Gasteiger partial charge in [-0.05, 0) is 42.7 Å². The molecule has 0 aliphatic rings. The molecule has 0 fully saturated rings. The van der Waals surface area contributed by atoms with Gasteiger partial charge < -0.3 is 16.4 Å². The molecule has 0 radical (unpaired) electrons. The van der Waals surface area contributed by atoms with E-state index in [2.05, 4.69) is 23.6 Å². The molecule has 6 heteroatoms. The van der Waals surface area contributed by atoms with Gasteiger partial charge in [0.1, 0.15) is 0 Å². The number of carbonyl (C=O) groups excluding carboxylic acids is 2. The topological polar surface area (TPSA) is 84.2 Å². The Bertz CT molecular complexity index is 682. The van der Waals surface area contributed by atoms with Crippen LogP contribution in [0.25, 0.3) is 0 Å². The van der Waals surface area contributed by atoms with E-state index in [4.69, 9.17) is 5.73 Å². The highest BCUT2D eigenvalue weighted by Gasteiger charge is 2.04. The van der Waals surface area contributed by atoms with Crippen molar-refractivity contribution in [2.75, 3.05) is 6.54 Å². The number of rotatable bonds is 7. The molecule has 23 heavy (non-hydrogen) atoms. The second-order valence-corrected chi connectivity index (χ2v) is 6.40. The molecule has 3 amide bonds. The number of hydrogen-bond donors (Lipinski definition) is 3. The Labute approximate surface area is 139 Å². The monoisotopic (exact) mass is 331 g/mol. The zero-order valence-corrected chi connectivity index (χ0v) is 13.9. The van der Waals surface area contributed by atoms with Gasteiger partial charge in [-0.25, -0.2) is 4.79 Å². The molecule has 122 valence electrons. The highest BCUT2D eigenvalue weighted by Crippen LogP contribution is 2.16. The molecule has 0 aliphatic heterocycles. The highest BCUT2D eigenvalue weighted by molar-refractivity contribution is 7.11. The summed E-state index contributed by atoms with van der Waals surface area (Å²) in [6, 6.07) is 11.1. The van der Waals surface area contributed by atoms with E-state index in [0.717, 1.165) is 16.9 Å². The van der Waals surface area contributed by atoms with Gasteiger partial charge in [-0.2, -0.15) is 0 Å². The average molecular weight is 331 g/mol. The van der Waals surface area contributed by atoms with Crippen LogP contribution in [0.5, 0.6) is 0 Å². The predicted molar refractivity (Wildman–Crippen MR) is 92.6 cm³/mol. The summed E-state index contributed by atoms with van der Waals surface area (Å²) in [5.41, 5.74) is 6.70. The van der Waals surface area contributed by atoms with Crippen molar-refractivity contribution in [2.24, 2.45) is 5.73 Å². The van der Waals surface area contributed by atoms with Crippen LogP contribution in [-0.4, -0.2) is 18.5 Å². The Kier molecular flexibility index (Phi) is 6.17. The molecule has 1 heterocycles. The van der Waals surface area contributed by atoms with Crippen LogP contribution in [0.15, 0.2) is 36.4 Å². The molecule has 4 N–H and O–H groups in total. The van der Waals surface area contributed by atoms with E-state index >= 15 is 0 Å². The third-order valence-electron chi connectivity index (χ3n) is 3.40. The fourth-order valence-corrected chi connectivity index (χ4v) is 3.04. The van der Waals surface area contributed by atoms with Gasteiger partial charge in [-0.15, -0.1) is 11.3 Å². The summed E-state index contributed by atoms with van der Waals surface area (Å²) in [5.74, 6) is -0.444. The van der Waals surface area contributed by atoms with Crippen molar-refractivity contribution >= 4 is 23.3 Å². The van der Waals surface area contributed by atoms with E-state index < -0.39 is 5.91 Å². The number of benzene rings is 1. The molecule has 0 bridgehead atoms. The van der Waals surface area contributed by atoms with Crippen LogP contribution in [0.1, 0.15) is 32.6 Å². The fraction of sp³-hybridized carbons (Fsp3) is 0.294. The molecule has 0 saturated carbocycles. The summed E-state index contributed by atoms with van der Waals surface area (Å²) < 4.78 is 0. The summed E-state index contributed by atoms with van der Waals surface area (Å²) in [6.07, 6.45) is 1.66. The lowest BCUT2D eigenvalue weighted by atomic mass is 10.1. The molecule has 1 aromatic heterocycles. The Morgan fingerprint density at radius 1 is 1.13 bits per heavy atom. The highest BCUT2D eigenvalue weighted by atomic mass is 32.1. The zero-order chi connectivity index (χ0) is 16.7. The molecule has 5 nitrogen and oxygen atoms in total. The van der Waals surface area contributed by atoms with Gasteiger partial charge in [0.15, 0.2) is 0 Å². The molecule has 0 spiro atoms. The molecule has 2 rings (SSSR count). The van der Waals surface area contributed by atoms with Crippen molar-refractivity contribution < 1.29 is 9.59 Å². The summed E-state index contributed by atoms with van der Waals surface area (Å²) in [4.78, 5) is 25.3. The molecule has 0 saturated heterocycles. The van der Waals surface area contributed by atoms with Crippen molar-refractivity contribution in [3.05, 3.63) is 57.3 Å². The van der Waals surface area contributed by atoms with Gasteiger partial charge in [-0.1, -0.05) is 19.1 Å². The van der Waals surface area contributed by atoms with Gasteiger partial charge in [0.2, 0.25) is 5.91 Å². The van der Waals surface area contributed by atoms with Crippen LogP contribution in [0.2, 0.25) is 0 Å². The Balaban J connectivity index is 1.72. The molecular weight excluding hydrogens is 310 g/mol. The molecule has 0 atom stereocenters. The van der Waals surface area contributed by atoms with E-state index in [9.17, 15) is 9.59 Å². The van der Waals surface area contributed by atoms with Crippen LogP contribution in [0.4, 0.5) is 4.79 Å². The minimum absolute atomic E-state index is 0.192. The number of carbonyl (C=O) groups is 2. The van der Waals surface area contributed by atoms with Gasteiger partial charge in [-0.3, -0.25) is 4.79 Å². The minimum Gasteiger partial charge on any atom is -0.366 e. The summed E-state index contributed by atoms with van der Waals surface area (Å²) in [5, 5.41) is 5.65. The van der Waals surface area contributed by atoms with Crippen molar-refractivity contribution in [1.29, 1.82) is 0 Å². The maximum Gasteiger partial charge on any atom is 0.315 e. The third kappa shape index (κ3) is 5.41. The number of hydrogen-bond acceptors (Lipinski definition) is 3. The summed E-state index contributed by atoms with van der Waals surface area (Å²) in [6.45, 7) is 3.15. The van der Waals surface area contributed by atoms with Crippen LogP contribution in [-0.2, 0) is 19.4 Å². The van der Waals surface area contributed by atoms with Gasteiger partial charge >= 0.3 is 6.03 Å². The normalized spacial score (nSPS) is 10.3. The maximum absolute atomic E-state index is 11.8. The van der Waals surface area contributed by atoms with Crippen LogP contribution in [0.3, 0.4) is 0 Å². The first kappa shape index (κ1) is 17.0. The standard InChI is InChI=1S/C17H21N3O2S/c1-2-14-6-7-15(23-14)11-20-17(22)19-9-8-12-4-3-5-13(10-12)16(18)21/h3-7,10H,2,8-9,11H2,1H3,(H2,18,21)(H2,19,20,22). The lowest BCUT2D eigenvalue weighted by Gasteiger charge is -2.07. The summed E-state index contributed by atoms with van der Waals surface area (Å²) >= 11 is 1.71. The maximum atomic E-state index is 11.8. The number of primary amides is 1. The quantitative estimate of drug-likeness (QED) is 0.728. The number of nitrogens with two attached hydrogens (primary N) is 1. The largest absolute Gasteiger partial charge is 0.366 e. The Morgan fingerprint density at radius 2 is 1.91 bits per heavy atom. The minimum atomic E-state index is -0.444. The van der Waals surface area contributed by atoms with Gasteiger partial charge in [0.05, 0.1) is 6.54 Å². The average Bonchev–Trinajstić information content (AvgIpc) is 3.01. The Hall–Kier alpha value is -2.34. The second-order valence-electron chi connectivity index (χ2n) is 5.15. The first-order chi connectivity index (χ1) is 11.1.